The maximum atomic E-state index is 14.8. The zero-order chi connectivity index (χ0) is 63.5. The van der Waals surface area contributed by atoms with Crippen LogP contribution >= 0.6 is 11.3 Å². The average Bonchev–Trinajstić information content (AvgIpc) is 1.58. The van der Waals surface area contributed by atoms with E-state index in [1.165, 1.54) is 16.2 Å². The van der Waals surface area contributed by atoms with Crippen molar-refractivity contribution in [2.75, 3.05) is 32.8 Å². The number of amides is 5. The fourth-order valence-corrected chi connectivity index (χ4v) is 12.9. The maximum absolute atomic E-state index is 14.8. The second kappa shape index (κ2) is 29.1. The number of likely N-dealkylation sites (tertiary alicyclic amines) is 1. The summed E-state index contributed by atoms with van der Waals surface area (Å²) in [4.78, 5) is 79.3. The number of carbonyl (C=O) groups is 5. The summed E-state index contributed by atoms with van der Waals surface area (Å²) in [6.07, 6.45) is 5.64. The predicted octanol–water partition coefficient (Wildman–Crippen LogP) is 9.01. The van der Waals surface area contributed by atoms with Gasteiger partial charge in [-0.15, -0.1) is 11.3 Å². The van der Waals surface area contributed by atoms with Crippen molar-refractivity contribution in [3.05, 3.63) is 149 Å². The lowest BCUT2D eigenvalue weighted by molar-refractivity contribution is -0.145. The van der Waals surface area contributed by atoms with Crippen molar-refractivity contribution in [2.24, 2.45) is 5.41 Å². The molecule has 2 saturated carbocycles. The van der Waals surface area contributed by atoms with Gasteiger partial charge in [0.1, 0.15) is 23.2 Å². The minimum atomic E-state index is -2.03. The molecule has 1 aliphatic heterocycles. The van der Waals surface area contributed by atoms with Crippen LogP contribution in [0.1, 0.15) is 132 Å². The smallest absolute Gasteiger partial charge is 0.258 e. The summed E-state index contributed by atoms with van der Waals surface area (Å²) in [5.41, 5.74) is 8.22. The normalized spacial score (nSPS) is 18.5. The topological polar surface area (TPSA) is 246 Å². The van der Waals surface area contributed by atoms with Gasteiger partial charge >= 0.3 is 0 Å². The summed E-state index contributed by atoms with van der Waals surface area (Å²) in [6.45, 7) is 8.33. The van der Waals surface area contributed by atoms with Gasteiger partial charge in [-0.2, -0.15) is 0 Å². The van der Waals surface area contributed by atoms with Gasteiger partial charge in [0, 0.05) is 62.6 Å². The lowest BCUT2D eigenvalue weighted by Crippen LogP contribution is -2.59. The molecule has 1 unspecified atom stereocenters. The average molecular weight is 1240 g/mol. The van der Waals surface area contributed by atoms with E-state index in [-0.39, 0.29) is 82.4 Å². The predicted molar refractivity (Wildman–Crippen MR) is 344 cm³/mol. The van der Waals surface area contributed by atoms with Crippen molar-refractivity contribution in [3.8, 4) is 44.7 Å². The highest BCUT2D eigenvalue weighted by Crippen LogP contribution is 2.42. The molecule has 10 rings (SSSR count). The molecule has 0 bridgehead atoms. The first-order valence-corrected chi connectivity index (χ1v) is 32.2. The van der Waals surface area contributed by atoms with Crippen LogP contribution in [0.4, 0.5) is 4.39 Å². The molecule has 3 fully saturated rings. The van der Waals surface area contributed by atoms with Crippen LogP contribution < -0.4 is 26.8 Å². The summed E-state index contributed by atoms with van der Waals surface area (Å²) < 4.78 is 24.8. The molecular weight excluding hydrogens is 1160 g/mol. The number of aliphatic hydroxyl groups excluding tert-OH is 2. The largest absolute Gasteiger partial charge is 0.393 e. The van der Waals surface area contributed by atoms with E-state index in [1.54, 1.807) is 32.3 Å². The lowest BCUT2D eigenvalue weighted by atomic mass is 9.85. The van der Waals surface area contributed by atoms with E-state index in [9.17, 15) is 44.0 Å². The Balaban J connectivity index is 0.690. The minimum Gasteiger partial charge on any atom is -0.393 e. The standard InChI is InChI=1S/C70H81FN10O8S/c1-45-62(90-44-76-45)51-25-16-24-50(38-51)55(77-66(86)56-39-54(83)42-79(56)67(87)63(69(2,3)4)78-68(88)70(71)31-32-70)40-58(85)74-34-36-89-35-30-57(84)73-33-14-6-5-9-17-46-18-15-19-47(37-46)41-80-61(49-22-12-8-13-23-49)59(48-20-10-7-11-21-48)60-64(72)81(43-75-65(60)80)52-26-28-53(82)29-27-52/h7-8,10-13,15-16,18-25,37-38,43-44,52-56,63,72,82-83H,5-6,14,26-36,39-42H2,1-4H3,(H,73,84)(H,74,85)(H,77,86)(H,78,88)/t52?,53?,54-,55+,56+,63?/m1/s1. The number of β-amino-alcohol motifs (C(OH)–C–C–N with tert-alkyl or cyclic N) is 1. The number of halogens is 1. The summed E-state index contributed by atoms with van der Waals surface area (Å²) >= 11 is 1.46. The van der Waals surface area contributed by atoms with Gasteiger partial charge in [-0.25, -0.2) is 14.4 Å². The second-order valence-corrected chi connectivity index (χ2v) is 25.9. The first kappa shape index (κ1) is 64.6. The second-order valence-electron chi connectivity index (χ2n) is 25.0. The van der Waals surface area contributed by atoms with Gasteiger partial charge in [-0.3, -0.25) is 29.4 Å². The van der Waals surface area contributed by atoms with Gasteiger partial charge in [0.2, 0.25) is 23.6 Å². The molecule has 2 aliphatic carbocycles. The quantitative estimate of drug-likeness (QED) is 0.0224. The molecule has 472 valence electrons. The molecular formula is C70H81FN10O8S. The number of nitrogens with one attached hydrogen (secondary N) is 5. The highest BCUT2D eigenvalue weighted by atomic mass is 32.1. The van der Waals surface area contributed by atoms with Crippen LogP contribution in [0.3, 0.4) is 0 Å². The molecule has 20 heteroatoms. The van der Waals surface area contributed by atoms with E-state index in [4.69, 9.17) is 9.72 Å². The number of ether oxygens (including phenoxy) is 1. The molecule has 3 aliphatic rings. The molecule has 0 spiro atoms. The molecule has 7 N–H and O–H groups in total. The SMILES string of the molecule is Cc1ncsc1-c1cccc([C@H](CC(=O)NCCOCCC(=O)NCCCCC#Cc2cccc(Cn3c(-c4ccccc4)c(-c4ccccc4)c4c(=N)n(C5CCC(O)CC5)cnc43)c2)NC(=O)[C@@H]2C[C@@H](O)CN2C(=O)C(NC(=O)C2(F)CC2)C(C)(C)C)c1. The summed E-state index contributed by atoms with van der Waals surface area (Å²) in [6, 6.07) is 33.1. The highest BCUT2D eigenvalue weighted by Gasteiger charge is 2.53. The minimum absolute atomic E-state index is 0.0671. The number of rotatable bonds is 24. The summed E-state index contributed by atoms with van der Waals surface area (Å²) in [5.74, 6) is 4.03. The van der Waals surface area contributed by atoms with Crippen LogP contribution in [0.5, 0.6) is 0 Å². The number of aromatic nitrogens is 4. The van der Waals surface area contributed by atoms with Crippen LogP contribution in [0, 0.1) is 29.6 Å². The van der Waals surface area contributed by atoms with Gasteiger partial charge < -0.3 is 50.3 Å². The van der Waals surface area contributed by atoms with Crippen LogP contribution in [-0.2, 0) is 35.3 Å². The van der Waals surface area contributed by atoms with Crippen molar-refractivity contribution in [1.29, 1.82) is 5.41 Å². The van der Waals surface area contributed by atoms with E-state index in [1.807, 2.05) is 84.5 Å². The first-order chi connectivity index (χ1) is 43.3. The molecule has 7 aromatic rings. The number of thiazole rings is 1. The third-order valence-corrected chi connectivity index (χ3v) is 18.1. The first-order valence-electron chi connectivity index (χ1n) is 31.3. The Morgan fingerprint density at radius 1 is 0.822 bits per heavy atom. The maximum Gasteiger partial charge on any atom is 0.258 e. The Morgan fingerprint density at radius 3 is 2.24 bits per heavy atom. The van der Waals surface area contributed by atoms with Gasteiger partial charge in [0.05, 0.1) is 71.4 Å². The number of hydrogen-bond donors (Lipinski definition) is 7. The van der Waals surface area contributed by atoms with Gasteiger partial charge in [0.25, 0.3) is 5.91 Å². The number of benzene rings is 4. The van der Waals surface area contributed by atoms with Crippen molar-refractivity contribution >= 4 is 51.9 Å². The number of aliphatic hydroxyl groups is 2. The monoisotopic (exact) mass is 1240 g/mol. The van der Waals surface area contributed by atoms with E-state index in [0.29, 0.717) is 43.4 Å². The third kappa shape index (κ3) is 15.8. The molecule has 4 atom stereocenters. The van der Waals surface area contributed by atoms with Crippen molar-refractivity contribution in [2.45, 2.75) is 153 Å². The molecule has 1 saturated heterocycles. The molecule has 3 aromatic heterocycles. The Labute approximate surface area is 528 Å². The van der Waals surface area contributed by atoms with Gasteiger partial charge in [-0.05, 0) is 110 Å². The number of fused-ring (bicyclic) bond motifs is 1. The summed E-state index contributed by atoms with van der Waals surface area (Å²) in [7, 11) is 0. The number of nitrogens with zero attached hydrogens (tertiary/aromatic N) is 5. The van der Waals surface area contributed by atoms with Crippen LogP contribution in [0.15, 0.2) is 121 Å². The fraction of sp³-hybridized carbons (Fsp3) is 0.429. The summed E-state index contributed by atoms with van der Waals surface area (Å²) in [5, 5.41) is 43.0. The third-order valence-electron chi connectivity index (χ3n) is 17.1. The van der Waals surface area contributed by atoms with E-state index >= 15 is 0 Å². The number of hydrogen-bond acceptors (Lipinski definition) is 12. The van der Waals surface area contributed by atoms with E-state index in [0.717, 1.165) is 86.4 Å². The lowest BCUT2D eigenvalue weighted by Gasteiger charge is -2.36. The highest BCUT2D eigenvalue weighted by molar-refractivity contribution is 7.13. The van der Waals surface area contributed by atoms with Gasteiger partial charge in [0.15, 0.2) is 5.67 Å². The molecule has 0 radical (unpaired) electrons. The van der Waals surface area contributed by atoms with Crippen molar-refractivity contribution in [3.63, 3.8) is 0 Å². The van der Waals surface area contributed by atoms with Crippen LogP contribution in [0.25, 0.3) is 43.9 Å². The zero-order valence-corrected chi connectivity index (χ0v) is 52.4. The number of aryl methyl sites for hydroxylation is 1. The van der Waals surface area contributed by atoms with E-state index < -0.39 is 53.0 Å². The molecule has 18 nitrogen and oxygen atoms in total. The van der Waals surface area contributed by atoms with Crippen molar-refractivity contribution < 1.29 is 43.3 Å². The zero-order valence-electron chi connectivity index (χ0n) is 51.6. The van der Waals surface area contributed by atoms with Crippen LogP contribution in [-0.4, -0.2) is 127 Å². The van der Waals surface area contributed by atoms with Gasteiger partial charge in [-0.1, -0.05) is 124 Å². The number of alkyl halides is 1. The number of unbranched alkanes of at least 4 members (excludes halogenated alkanes) is 2. The molecule has 5 amide bonds. The Morgan fingerprint density at radius 2 is 1.53 bits per heavy atom. The molecule has 90 heavy (non-hydrogen) atoms. The Hall–Kier alpha value is -8.35. The van der Waals surface area contributed by atoms with E-state index in [2.05, 4.69) is 79.1 Å². The van der Waals surface area contributed by atoms with Crippen molar-refractivity contribution in [1.82, 2.24) is 45.3 Å². The van der Waals surface area contributed by atoms with Crippen LogP contribution in [0.2, 0.25) is 0 Å². The fourth-order valence-electron chi connectivity index (χ4n) is 12.1. The Kier molecular flexibility index (Phi) is 20.9. The number of carbonyl (C=O) groups excluding carboxylic acids is 5. The Bertz CT molecular complexity index is 3820. The molecule has 4 heterocycles. The molecule has 4 aromatic carbocycles.